The van der Waals surface area contributed by atoms with Gasteiger partial charge in [-0.05, 0) is 65.1 Å². The van der Waals surface area contributed by atoms with Gasteiger partial charge in [0.1, 0.15) is 0 Å². The number of carbonyl (C=O) groups is 1. The fraction of sp³-hybridized carbons (Fsp3) is 0. The molecule has 2 aromatic carbocycles. The molecule has 0 radical (unpaired) electrons. The average Bonchev–Trinajstić information content (AvgIpc) is 2.41. The van der Waals surface area contributed by atoms with Crippen LogP contribution in [0.5, 0.6) is 0 Å². The zero-order chi connectivity index (χ0) is 15.6. The smallest absolute Gasteiger partial charge is 0.337 e. The van der Waals surface area contributed by atoms with Crippen LogP contribution in [0.4, 0.5) is 11.4 Å². The van der Waals surface area contributed by atoms with Crippen LogP contribution in [0.2, 0.25) is 0 Å². The predicted octanol–water partition coefficient (Wildman–Crippen LogP) is 2.37. The third-order valence-electron chi connectivity index (χ3n) is 2.64. The van der Waals surface area contributed by atoms with Gasteiger partial charge in [0.15, 0.2) is 0 Å². The van der Waals surface area contributed by atoms with E-state index in [9.17, 15) is 13.2 Å². The molecule has 2 rings (SSSR count). The maximum atomic E-state index is 12.2. The zero-order valence-corrected chi connectivity index (χ0v) is 13.6. The molecule has 0 fully saturated rings. The van der Waals surface area contributed by atoms with Crippen LogP contribution in [0.25, 0.3) is 0 Å². The van der Waals surface area contributed by atoms with Crippen molar-refractivity contribution in [2.45, 2.75) is 4.90 Å². The molecule has 4 N–H and O–H groups in total. The molecule has 0 saturated carbocycles. The summed E-state index contributed by atoms with van der Waals surface area (Å²) in [6.07, 6.45) is 0. The molecule has 110 valence electrons. The number of nitrogen functional groups attached to an aromatic ring is 1. The summed E-state index contributed by atoms with van der Waals surface area (Å²) in [7, 11) is -3.86. The summed E-state index contributed by atoms with van der Waals surface area (Å²) >= 11 is 2.06. The first-order chi connectivity index (χ1) is 9.79. The number of nitrogens with two attached hydrogens (primary N) is 1. The second-order valence-corrected chi connectivity index (χ2v) is 7.10. The molecule has 0 aliphatic heterocycles. The third-order valence-corrected chi connectivity index (χ3v) is 4.74. The maximum absolute atomic E-state index is 12.2. The monoisotopic (exact) mass is 418 g/mol. The van der Waals surface area contributed by atoms with Crippen LogP contribution in [0, 0.1) is 3.57 Å². The molecule has 0 aromatic heterocycles. The molecule has 0 atom stereocenters. The van der Waals surface area contributed by atoms with E-state index >= 15 is 0 Å². The molecule has 0 unspecified atom stereocenters. The molecule has 0 saturated heterocycles. The van der Waals surface area contributed by atoms with Crippen LogP contribution in [0.3, 0.4) is 0 Å². The molecule has 2 aromatic rings. The van der Waals surface area contributed by atoms with Crippen molar-refractivity contribution in [3.05, 3.63) is 51.6 Å². The highest BCUT2D eigenvalue weighted by Gasteiger charge is 2.18. The fourth-order valence-electron chi connectivity index (χ4n) is 1.65. The van der Waals surface area contributed by atoms with Crippen LogP contribution in [0.15, 0.2) is 47.4 Å². The van der Waals surface area contributed by atoms with Gasteiger partial charge in [-0.1, -0.05) is 0 Å². The number of aromatic carboxylic acids is 1. The molecule has 0 heterocycles. The Morgan fingerprint density at radius 2 is 1.76 bits per heavy atom. The molecule has 6 nitrogen and oxygen atoms in total. The molecule has 0 aliphatic rings. The number of rotatable bonds is 4. The van der Waals surface area contributed by atoms with Gasteiger partial charge in [0.05, 0.1) is 16.1 Å². The Morgan fingerprint density at radius 3 is 2.33 bits per heavy atom. The summed E-state index contributed by atoms with van der Waals surface area (Å²) in [5, 5.41) is 9.10. The minimum Gasteiger partial charge on any atom is -0.478 e. The lowest BCUT2D eigenvalue weighted by Crippen LogP contribution is -2.15. The standard InChI is InChI=1S/C13H11IN2O4S/c14-8-1-4-10(5-2-8)21(19,20)16-12-6-3-9(15)7-11(12)13(17)18/h1-7,16H,15H2,(H,17,18). The Labute approximate surface area is 135 Å². The Morgan fingerprint density at radius 1 is 1.14 bits per heavy atom. The topological polar surface area (TPSA) is 109 Å². The van der Waals surface area contributed by atoms with Gasteiger partial charge in [0.2, 0.25) is 0 Å². The van der Waals surface area contributed by atoms with Crippen LogP contribution in [0.1, 0.15) is 10.4 Å². The van der Waals surface area contributed by atoms with Gasteiger partial charge in [0, 0.05) is 9.26 Å². The average molecular weight is 418 g/mol. The number of hydrogen-bond donors (Lipinski definition) is 3. The van der Waals surface area contributed by atoms with Gasteiger partial charge in [-0.15, -0.1) is 0 Å². The second kappa shape index (κ2) is 5.90. The summed E-state index contributed by atoms with van der Waals surface area (Å²) in [6.45, 7) is 0. The van der Waals surface area contributed by atoms with Gasteiger partial charge in [-0.25, -0.2) is 13.2 Å². The number of nitrogens with one attached hydrogen (secondary N) is 1. The largest absolute Gasteiger partial charge is 0.478 e. The second-order valence-electron chi connectivity index (χ2n) is 4.17. The summed E-state index contributed by atoms with van der Waals surface area (Å²) in [5.74, 6) is -1.26. The summed E-state index contributed by atoms with van der Waals surface area (Å²) in [6, 6.07) is 10.1. The lowest BCUT2D eigenvalue weighted by Gasteiger charge is -2.11. The van der Waals surface area contributed by atoms with Gasteiger partial charge >= 0.3 is 5.97 Å². The van der Waals surface area contributed by atoms with Gasteiger partial charge in [-0.2, -0.15) is 0 Å². The first kappa shape index (κ1) is 15.6. The van der Waals surface area contributed by atoms with E-state index in [0.717, 1.165) is 3.57 Å². The van der Waals surface area contributed by atoms with Crippen molar-refractivity contribution >= 4 is 50.0 Å². The summed E-state index contributed by atoms with van der Waals surface area (Å²) in [4.78, 5) is 11.2. The van der Waals surface area contributed by atoms with E-state index in [4.69, 9.17) is 10.8 Å². The summed E-state index contributed by atoms with van der Waals surface area (Å²) in [5.41, 5.74) is 5.52. The molecule has 8 heteroatoms. The lowest BCUT2D eigenvalue weighted by atomic mass is 10.1. The van der Waals surface area contributed by atoms with Crippen LogP contribution >= 0.6 is 22.6 Å². The number of carboxylic acid groups (broad SMARTS) is 1. The maximum Gasteiger partial charge on any atom is 0.337 e. The number of anilines is 2. The van der Waals surface area contributed by atoms with E-state index in [2.05, 4.69) is 27.3 Å². The molecule has 0 aliphatic carbocycles. The van der Waals surface area contributed by atoms with Crippen LogP contribution in [-0.4, -0.2) is 19.5 Å². The highest BCUT2D eigenvalue weighted by Crippen LogP contribution is 2.23. The number of sulfonamides is 1. The third kappa shape index (κ3) is 3.64. The lowest BCUT2D eigenvalue weighted by molar-refractivity contribution is 0.0698. The number of hydrogen-bond acceptors (Lipinski definition) is 4. The van der Waals surface area contributed by atoms with Crippen molar-refractivity contribution in [3.8, 4) is 0 Å². The Balaban J connectivity index is 2.41. The molecule has 21 heavy (non-hydrogen) atoms. The van der Waals surface area contributed by atoms with E-state index < -0.39 is 16.0 Å². The fourth-order valence-corrected chi connectivity index (χ4v) is 3.08. The van der Waals surface area contributed by atoms with Crippen molar-refractivity contribution in [2.24, 2.45) is 0 Å². The highest BCUT2D eigenvalue weighted by molar-refractivity contribution is 14.1. The van der Waals surface area contributed by atoms with Gasteiger partial charge in [-0.3, -0.25) is 4.72 Å². The van der Waals surface area contributed by atoms with Crippen molar-refractivity contribution in [2.75, 3.05) is 10.5 Å². The van der Waals surface area contributed by atoms with Crippen molar-refractivity contribution < 1.29 is 18.3 Å². The summed E-state index contributed by atoms with van der Waals surface area (Å²) < 4.78 is 27.6. The van der Waals surface area contributed by atoms with E-state index in [1.165, 1.54) is 30.3 Å². The van der Waals surface area contributed by atoms with E-state index in [1.54, 1.807) is 12.1 Å². The zero-order valence-electron chi connectivity index (χ0n) is 10.6. The van der Waals surface area contributed by atoms with Crippen molar-refractivity contribution in [1.29, 1.82) is 0 Å². The first-order valence-electron chi connectivity index (χ1n) is 5.71. The SMILES string of the molecule is Nc1ccc(NS(=O)(=O)c2ccc(I)cc2)c(C(=O)O)c1. The van der Waals surface area contributed by atoms with E-state index in [0.29, 0.717) is 0 Å². The molecule has 0 bridgehead atoms. The molecule has 0 spiro atoms. The van der Waals surface area contributed by atoms with E-state index in [1.807, 2.05) is 0 Å². The van der Waals surface area contributed by atoms with Crippen LogP contribution in [-0.2, 0) is 10.0 Å². The minimum atomic E-state index is -3.86. The van der Waals surface area contributed by atoms with Crippen molar-refractivity contribution in [3.63, 3.8) is 0 Å². The highest BCUT2D eigenvalue weighted by atomic mass is 127. The van der Waals surface area contributed by atoms with Gasteiger partial charge in [0.25, 0.3) is 10.0 Å². The van der Waals surface area contributed by atoms with Gasteiger partial charge < -0.3 is 10.8 Å². The van der Waals surface area contributed by atoms with Crippen molar-refractivity contribution in [1.82, 2.24) is 0 Å². The predicted molar refractivity (Wildman–Crippen MR) is 87.8 cm³/mol. The normalized spacial score (nSPS) is 11.1. The Kier molecular flexibility index (Phi) is 4.37. The number of halogens is 1. The van der Waals surface area contributed by atoms with Crippen LogP contribution < -0.4 is 10.5 Å². The Hall–Kier alpha value is -1.81. The molecular formula is C13H11IN2O4S. The number of carboxylic acids is 1. The Bertz CT molecular complexity index is 788. The molecular weight excluding hydrogens is 407 g/mol. The quantitative estimate of drug-likeness (QED) is 0.522. The number of benzene rings is 2. The first-order valence-corrected chi connectivity index (χ1v) is 8.27. The van der Waals surface area contributed by atoms with E-state index in [-0.39, 0.29) is 21.8 Å². The molecule has 0 amide bonds. The minimum absolute atomic E-state index is 0.0322.